The van der Waals surface area contributed by atoms with Crippen LogP contribution >= 0.6 is 0 Å². The second kappa shape index (κ2) is 8.34. The van der Waals surface area contributed by atoms with Gasteiger partial charge in [0.25, 0.3) is 0 Å². The Labute approximate surface area is 168 Å². The molecule has 0 bridgehead atoms. The van der Waals surface area contributed by atoms with E-state index in [-0.39, 0.29) is 12.3 Å². The number of carbonyl (C=O) groups is 2. The summed E-state index contributed by atoms with van der Waals surface area (Å²) in [4.78, 5) is 33.7. The van der Waals surface area contributed by atoms with E-state index in [4.69, 9.17) is 10.5 Å². The van der Waals surface area contributed by atoms with Crippen molar-refractivity contribution in [1.29, 1.82) is 0 Å². The van der Waals surface area contributed by atoms with Gasteiger partial charge < -0.3 is 19.9 Å². The van der Waals surface area contributed by atoms with Crippen molar-refractivity contribution in [2.24, 2.45) is 10.7 Å². The first-order chi connectivity index (χ1) is 14.1. The summed E-state index contributed by atoms with van der Waals surface area (Å²) in [6.07, 6.45) is 8.68. The molecule has 3 N–H and O–H groups in total. The number of amides is 2. The zero-order chi connectivity index (χ0) is 20.2. The summed E-state index contributed by atoms with van der Waals surface area (Å²) in [7, 11) is 0. The second-order valence-electron chi connectivity index (χ2n) is 7.24. The van der Waals surface area contributed by atoms with Crippen molar-refractivity contribution in [3.8, 4) is 5.75 Å². The molecule has 1 aromatic carbocycles. The summed E-state index contributed by atoms with van der Waals surface area (Å²) in [6, 6.07) is 5.12. The van der Waals surface area contributed by atoms with E-state index in [1.54, 1.807) is 11.1 Å². The SMILES string of the molecule is NC(=O)CC1C(=O)NC2=Nc3ccc(OCCCCCn4ccnc4)cc3CN21. The minimum atomic E-state index is -0.612. The molecule has 29 heavy (non-hydrogen) atoms. The molecule has 1 fully saturated rings. The van der Waals surface area contributed by atoms with Gasteiger partial charge in [0.2, 0.25) is 17.8 Å². The van der Waals surface area contributed by atoms with Crippen LogP contribution in [-0.2, 0) is 22.7 Å². The van der Waals surface area contributed by atoms with E-state index in [2.05, 4.69) is 19.9 Å². The van der Waals surface area contributed by atoms with Crippen LogP contribution in [0.1, 0.15) is 31.2 Å². The molecule has 2 amide bonds. The molecule has 1 aromatic heterocycles. The lowest BCUT2D eigenvalue weighted by molar-refractivity contribution is -0.126. The molecule has 3 heterocycles. The molecular weight excluding hydrogens is 372 g/mol. The number of primary amides is 1. The fourth-order valence-corrected chi connectivity index (χ4v) is 3.59. The Balaban J connectivity index is 1.30. The first-order valence-electron chi connectivity index (χ1n) is 9.76. The number of nitrogens with two attached hydrogens (primary N) is 1. The van der Waals surface area contributed by atoms with Crippen molar-refractivity contribution in [1.82, 2.24) is 19.8 Å². The Bertz CT molecular complexity index is 924. The molecule has 0 saturated carbocycles. The number of ether oxygens (including phenoxy) is 1. The average molecular weight is 396 g/mol. The van der Waals surface area contributed by atoms with Crippen molar-refractivity contribution in [3.05, 3.63) is 42.5 Å². The first kappa shape index (κ1) is 19.0. The summed E-state index contributed by atoms with van der Waals surface area (Å²) < 4.78 is 7.96. The zero-order valence-corrected chi connectivity index (χ0v) is 16.1. The van der Waals surface area contributed by atoms with Crippen LogP contribution in [0.15, 0.2) is 41.9 Å². The third kappa shape index (κ3) is 4.39. The highest BCUT2D eigenvalue weighted by Crippen LogP contribution is 2.32. The summed E-state index contributed by atoms with van der Waals surface area (Å²) >= 11 is 0. The van der Waals surface area contributed by atoms with Crippen LogP contribution in [0.3, 0.4) is 0 Å². The van der Waals surface area contributed by atoms with Crippen LogP contribution in [0.25, 0.3) is 0 Å². The van der Waals surface area contributed by atoms with Gasteiger partial charge in [0, 0.05) is 31.0 Å². The van der Waals surface area contributed by atoms with Crippen molar-refractivity contribution < 1.29 is 14.3 Å². The standard InChI is InChI=1S/C20H24N6O3/c21-18(27)11-17-19(28)24-20-23-16-5-4-15(10-14(16)12-26(17)20)29-9-3-1-2-7-25-8-6-22-13-25/h4-6,8,10,13,17H,1-3,7,9,11-12H2,(H2,21,27)(H,23,24,28). The van der Waals surface area contributed by atoms with Crippen molar-refractivity contribution in [2.75, 3.05) is 6.61 Å². The van der Waals surface area contributed by atoms with Gasteiger partial charge in [0.05, 0.1) is 25.0 Å². The zero-order valence-electron chi connectivity index (χ0n) is 16.1. The Morgan fingerprint density at radius 2 is 2.21 bits per heavy atom. The number of unbranched alkanes of at least 4 members (excludes halogenated alkanes) is 2. The van der Waals surface area contributed by atoms with Gasteiger partial charge in [0.1, 0.15) is 11.8 Å². The van der Waals surface area contributed by atoms with Crippen molar-refractivity contribution >= 4 is 23.5 Å². The molecule has 9 nitrogen and oxygen atoms in total. The van der Waals surface area contributed by atoms with Crippen molar-refractivity contribution in [3.63, 3.8) is 0 Å². The highest BCUT2D eigenvalue weighted by Gasteiger charge is 2.39. The van der Waals surface area contributed by atoms with E-state index < -0.39 is 11.9 Å². The van der Waals surface area contributed by atoms with E-state index in [0.717, 1.165) is 42.8 Å². The van der Waals surface area contributed by atoms with Crippen LogP contribution < -0.4 is 15.8 Å². The number of benzene rings is 1. The van der Waals surface area contributed by atoms with Gasteiger partial charge in [0.15, 0.2) is 0 Å². The number of nitrogens with one attached hydrogen (secondary N) is 1. The molecule has 0 radical (unpaired) electrons. The maximum Gasteiger partial charge on any atom is 0.250 e. The molecule has 1 unspecified atom stereocenters. The maximum absolute atomic E-state index is 12.1. The van der Waals surface area contributed by atoms with E-state index in [9.17, 15) is 9.59 Å². The predicted octanol–water partition coefficient (Wildman–Crippen LogP) is 1.31. The summed E-state index contributed by atoms with van der Waals surface area (Å²) in [5.74, 6) is 0.493. The summed E-state index contributed by atoms with van der Waals surface area (Å²) in [6.45, 7) is 2.09. The Morgan fingerprint density at radius 1 is 1.31 bits per heavy atom. The number of aliphatic imine (C=N–C) groups is 1. The summed E-state index contributed by atoms with van der Waals surface area (Å²) in [5.41, 5.74) is 7.03. The molecule has 1 atom stereocenters. The van der Waals surface area contributed by atoms with Gasteiger partial charge >= 0.3 is 0 Å². The molecule has 2 aromatic rings. The number of rotatable bonds is 9. The largest absolute Gasteiger partial charge is 0.494 e. The Hall–Kier alpha value is -3.36. The quantitative estimate of drug-likeness (QED) is 0.620. The van der Waals surface area contributed by atoms with Crippen LogP contribution in [0.5, 0.6) is 5.75 Å². The average Bonchev–Trinajstić information content (AvgIpc) is 3.31. The minimum Gasteiger partial charge on any atom is -0.494 e. The molecular formula is C20H24N6O3. The monoisotopic (exact) mass is 396 g/mol. The normalized spacial score (nSPS) is 17.4. The fourth-order valence-electron chi connectivity index (χ4n) is 3.59. The molecule has 152 valence electrons. The number of nitrogens with zero attached hydrogens (tertiary/aromatic N) is 4. The number of aryl methyl sites for hydroxylation is 1. The lowest BCUT2D eigenvalue weighted by Crippen LogP contribution is -2.39. The number of guanidine groups is 1. The van der Waals surface area contributed by atoms with E-state index in [1.807, 2.05) is 30.7 Å². The van der Waals surface area contributed by atoms with Crippen LogP contribution in [0, 0.1) is 0 Å². The maximum atomic E-state index is 12.1. The number of carbonyl (C=O) groups excluding carboxylic acids is 2. The van der Waals surface area contributed by atoms with Gasteiger partial charge in [-0.1, -0.05) is 0 Å². The third-order valence-corrected chi connectivity index (χ3v) is 5.09. The molecule has 1 saturated heterocycles. The molecule has 9 heteroatoms. The Morgan fingerprint density at radius 3 is 3.00 bits per heavy atom. The van der Waals surface area contributed by atoms with Crippen molar-refractivity contribution in [2.45, 2.75) is 44.8 Å². The van der Waals surface area contributed by atoms with Gasteiger partial charge in [-0.25, -0.2) is 9.98 Å². The lowest BCUT2D eigenvalue weighted by atomic mass is 10.1. The molecule has 4 rings (SSSR count). The first-order valence-corrected chi connectivity index (χ1v) is 9.76. The fraction of sp³-hybridized carbons (Fsp3) is 0.400. The minimum absolute atomic E-state index is 0.0323. The van der Waals surface area contributed by atoms with Gasteiger partial charge in [-0.2, -0.15) is 0 Å². The number of aromatic nitrogens is 2. The van der Waals surface area contributed by atoms with Gasteiger partial charge in [-0.05, 0) is 37.5 Å². The second-order valence-corrected chi connectivity index (χ2v) is 7.24. The molecule has 2 aliphatic heterocycles. The summed E-state index contributed by atoms with van der Waals surface area (Å²) in [5, 5.41) is 2.72. The highest BCUT2D eigenvalue weighted by molar-refractivity contribution is 6.09. The van der Waals surface area contributed by atoms with Crippen LogP contribution in [-0.4, -0.2) is 44.9 Å². The third-order valence-electron chi connectivity index (χ3n) is 5.09. The van der Waals surface area contributed by atoms with Crippen LogP contribution in [0.2, 0.25) is 0 Å². The number of hydrogen-bond donors (Lipinski definition) is 2. The van der Waals surface area contributed by atoms with Crippen LogP contribution in [0.4, 0.5) is 5.69 Å². The molecule has 0 spiro atoms. The van der Waals surface area contributed by atoms with Gasteiger partial charge in [-0.15, -0.1) is 0 Å². The van der Waals surface area contributed by atoms with E-state index >= 15 is 0 Å². The van der Waals surface area contributed by atoms with E-state index in [1.165, 1.54) is 0 Å². The number of imidazole rings is 1. The smallest absolute Gasteiger partial charge is 0.250 e. The number of hydrogen-bond acceptors (Lipinski definition) is 6. The molecule has 2 aliphatic rings. The van der Waals surface area contributed by atoms with E-state index in [0.29, 0.717) is 19.1 Å². The molecule has 0 aliphatic carbocycles. The lowest BCUT2D eigenvalue weighted by Gasteiger charge is -2.27. The topological polar surface area (TPSA) is 115 Å². The van der Waals surface area contributed by atoms with Gasteiger partial charge in [-0.3, -0.25) is 14.9 Å². The predicted molar refractivity (Wildman–Crippen MR) is 106 cm³/mol. The number of fused-ring (bicyclic) bond motifs is 2. The highest BCUT2D eigenvalue weighted by atomic mass is 16.5. The Kier molecular flexibility index (Phi) is 5.46.